The molecule has 0 unspecified atom stereocenters. The highest BCUT2D eigenvalue weighted by atomic mass is 32.2. The molecule has 16 heavy (non-hydrogen) atoms. The molecule has 0 spiro atoms. The second-order valence-corrected chi connectivity index (χ2v) is 3.97. The molecule has 0 radical (unpaired) electrons. The predicted molar refractivity (Wildman–Crippen MR) is 60.3 cm³/mol. The van der Waals surface area contributed by atoms with Gasteiger partial charge in [-0.25, -0.2) is 4.79 Å². The van der Waals surface area contributed by atoms with Crippen LogP contribution < -0.4 is 11.2 Å². The van der Waals surface area contributed by atoms with Crippen LogP contribution >= 0.6 is 12.0 Å². The lowest BCUT2D eigenvalue weighted by Gasteiger charge is -2.04. The molecule has 0 atom stereocenters. The van der Waals surface area contributed by atoms with Crippen molar-refractivity contribution in [2.75, 3.05) is 5.75 Å². The zero-order chi connectivity index (χ0) is 12.1. The number of aryl methyl sites for hydroxylation is 2. The molecule has 7 heteroatoms. The number of carbonyl (C=O) groups excluding carboxylic acids is 1. The van der Waals surface area contributed by atoms with E-state index in [0.29, 0.717) is 17.9 Å². The quantitative estimate of drug-likeness (QED) is 0.598. The van der Waals surface area contributed by atoms with Crippen molar-refractivity contribution in [3.05, 3.63) is 32.6 Å². The molecule has 6 nitrogen and oxygen atoms in total. The molecule has 0 aliphatic rings. The molecule has 0 saturated heterocycles. The van der Waals surface area contributed by atoms with E-state index >= 15 is 0 Å². The van der Waals surface area contributed by atoms with Gasteiger partial charge in [0.25, 0.3) is 5.56 Å². The maximum Gasteiger partial charge on any atom is 0.328 e. The fourth-order valence-electron chi connectivity index (χ4n) is 1.04. The third-order valence-corrected chi connectivity index (χ3v) is 2.48. The summed E-state index contributed by atoms with van der Waals surface area (Å²) in [6, 6.07) is 0. The van der Waals surface area contributed by atoms with E-state index < -0.39 is 5.69 Å². The van der Waals surface area contributed by atoms with E-state index in [-0.39, 0.29) is 11.5 Å². The molecule has 0 fully saturated rings. The Morgan fingerprint density at radius 3 is 2.88 bits per heavy atom. The molecular formula is C9H12N2O4S. The van der Waals surface area contributed by atoms with E-state index in [0.717, 1.165) is 12.0 Å². The molecule has 0 amide bonds. The maximum absolute atomic E-state index is 11.3. The van der Waals surface area contributed by atoms with Crippen LogP contribution in [-0.2, 0) is 15.5 Å². The Bertz CT molecular complexity index is 491. The average Bonchev–Trinajstić information content (AvgIpc) is 2.19. The van der Waals surface area contributed by atoms with Gasteiger partial charge in [0.2, 0.25) is 0 Å². The highest BCUT2D eigenvalue weighted by molar-refractivity contribution is 7.95. The van der Waals surface area contributed by atoms with Crippen LogP contribution in [-0.4, -0.2) is 21.3 Å². The lowest BCUT2D eigenvalue weighted by molar-refractivity contribution is -0.130. The van der Waals surface area contributed by atoms with Crippen molar-refractivity contribution in [1.29, 1.82) is 0 Å². The van der Waals surface area contributed by atoms with E-state index in [1.54, 1.807) is 6.92 Å². The second kappa shape index (κ2) is 5.55. The number of aromatic nitrogens is 2. The Morgan fingerprint density at radius 1 is 1.56 bits per heavy atom. The van der Waals surface area contributed by atoms with Gasteiger partial charge in [-0.15, -0.1) is 0 Å². The van der Waals surface area contributed by atoms with Crippen LogP contribution in [0.25, 0.3) is 0 Å². The van der Waals surface area contributed by atoms with Crippen LogP contribution in [0.1, 0.15) is 12.5 Å². The van der Waals surface area contributed by atoms with Gasteiger partial charge in [-0.1, -0.05) is 0 Å². The molecule has 0 saturated carbocycles. The molecule has 0 aromatic carbocycles. The van der Waals surface area contributed by atoms with Crippen LogP contribution in [0.3, 0.4) is 0 Å². The van der Waals surface area contributed by atoms with Crippen LogP contribution in [0.2, 0.25) is 0 Å². The van der Waals surface area contributed by atoms with E-state index in [2.05, 4.69) is 9.17 Å². The van der Waals surface area contributed by atoms with Crippen molar-refractivity contribution < 1.29 is 8.98 Å². The summed E-state index contributed by atoms with van der Waals surface area (Å²) in [6.45, 7) is 3.30. The SMILES string of the molecule is CC(=O)OSCCn1cc(C)c(=O)[nH]c1=O. The molecule has 1 rings (SSSR count). The normalized spacial score (nSPS) is 10.1. The monoisotopic (exact) mass is 244 g/mol. The van der Waals surface area contributed by atoms with Gasteiger partial charge in [0.1, 0.15) is 0 Å². The summed E-state index contributed by atoms with van der Waals surface area (Å²) in [7, 11) is 0. The van der Waals surface area contributed by atoms with Crippen molar-refractivity contribution in [3.63, 3.8) is 0 Å². The summed E-state index contributed by atoms with van der Waals surface area (Å²) >= 11 is 0.974. The first kappa shape index (κ1) is 12.6. The van der Waals surface area contributed by atoms with Gasteiger partial charge >= 0.3 is 11.7 Å². The fourth-order valence-corrected chi connectivity index (χ4v) is 1.57. The first-order valence-corrected chi connectivity index (χ1v) is 5.52. The summed E-state index contributed by atoms with van der Waals surface area (Å²) < 4.78 is 6.02. The zero-order valence-corrected chi connectivity index (χ0v) is 9.80. The third kappa shape index (κ3) is 3.58. The molecule has 1 heterocycles. The molecular weight excluding hydrogens is 232 g/mol. The Morgan fingerprint density at radius 2 is 2.25 bits per heavy atom. The number of carbonyl (C=O) groups is 1. The standard InChI is InChI=1S/C9H12N2O4S/c1-6-5-11(9(14)10-8(6)13)3-4-16-15-7(2)12/h5H,3-4H2,1-2H3,(H,10,13,14). The van der Waals surface area contributed by atoms with Gasteiger partial charge in [0.05, 0.1) is 12.0 Å². The summed E-state index contributed by atoms with van der Waals surface area (Å²) in [5.74, 6) is 0.0697. The molecule has 1 aromatic heterocycles. The first-order valence-electron chi connectivity index (χ1n) is 4.61. The number of H-pyrrole nitrogens is 1. The van der Waals surface area contributed by atoms with Crippen molar-refractivity contribution in [2.24, 2.45) is 0 Å². The minimum Gasteiger partial charge on any atom is -0.391 e. The van der Waals surface area contributed by atoms with Crippen molar-refractivity contribution >= 4 is 18.0 Å². The number of aromatic amines is 1. The Labute approximate surface area is 95.8 Å². The smallest absolute Gasteiger partial charge is 0.328 e. The minimum absolute atomic E-state index is 0.369. The molecule has 0 aliphatic heterocycles. The predicted octanol–water partition coefficient (Wildman–Crippen LogP) is 0.0563. The largest absolute Gasteiger partial charge is 0.391 e. The fraction of sp³-hybridized carbons (Fsp3) is 0.444. The number of nitrogens with one attached hydrogen (secondary N) is 1. The summed E-state index contributed by atoms with van der Waals surface area (Å²) in [5, 5.41) is 0. The van der Waals surface area contributed by atoms with Gasteiger partial charge in [-0.3, -0.25) is 19.1 Å². The highest BCUT2D eigenvalue weighted by Gasteiger charge is 2.01. The maximum atomic E-state index is 11.3. The first-order chi connectivity index (χ1) is 7.50. The zero-order valence-electron chi connectivity index (χ0n) is 8.98. The average molecular weight is 244 g/mol. The van der Waals surface area contributed by atoms with Crippen LogP contribution in [0.4, 0.5) is 0 Å². The van der Waals surface area contributed by atoms with Crippen molar-refractivity contribution in [1.82, 2.24) is 9.55 Å². The van der Waals surface area contributed by atoms with E-state index in [1.165, 1.54) is 17.7 Å². The van der Waals surface area contributed by atoms with Gasteiger partial charge in [-0.2, -0.15) is 0 Å². The van der Waals surface area contributed by atoms with Gasteiger partial charge in [0.15, 0.2) is 0 Å². The lowest BCUT2D eigenvalue weighted by Crippen LogP contribution is -2.31. The molecule has 88 valence electrons. The molecule has 0 bridgehead atoms. The summed E-state index contributed by atoms with van der Waals surface area (Å²) in [4.78, 5) is 35.0. The summed E-state index contributed by atoms with van der Waals surface area (Å²) in [6.07, 6.45) is 1.48. The number of nitrogens with zero attached hydrogens (tertiary/aromatic N) is 1. The second-order valence-electron chi connectivity index (χ2n) is 3.16. The molecule has 1 N–H and O–H groups in total. The number of rotatable bonds is 4. The van der Waals surface area contributed by atoms with Crippen LogP contribution in [0.15, 0.2) is 15.8 Å². The van der Waals surface area contributed by atoms with Crippen LogP contribution in [0, 0.1) is 6.92 Å². The van der Waals surface area contributed by atoms with Gasteiger partial charge in [0, 0.05) is 31.0 Å². The van der Waals surface area contributed by atoms with E-state index in [4.69, 9.17) is 0 Å². The van der Waals surface area contributed by atoms with Crippen LogP contribution in [0.5, 0.6) is 0 Å². The molecule has 1 aromatic rings. The number of hydrogen-bond acceptors (Lipinski definition) is 5. The Hall–Kier alpha value is -1.50. The summed E-state index contributed by atoms with van der Waals surface area (Å²) in [5.41, 5.74) is -0.370. The van der Waals surface area contributed by atoms with E-state index in [1.807, 2.05) is 0 Å². The lowest BCUT2D eigenvalue weighted by atomic mass is 10.4. The van der Waals surface area contributed by atoms with Crippen molar-refractivity contribution in [3.8, 4) is 0 Å². The Kier molecular flexibility index (Phi) is 4.36. The third-order valence-electron chi connectivity index (χ3n) is 1.78. The molecule has 0 aliphatic carbocycles. The van der Waals surface area contributed by atoms with Gasteiger partial charge < -0.3 is 4.18 Å². The van der Waals surface area contributed by atoms with Gasteiger partial charge in [-0.05, 0) is 6.92 Å². The topological polar surface area (TPSA) is 81.2 Å². The highest BCUT2D eigenvalue weighted by Crippen LogP contribution is 2.02. The number of hydrogen-bond donors (Lipinski definition) is 1. The minimum atomic E-state index is -0.459. The van der Waals surface area contributed by atoms with Crippen molar-refractivity contribution in [2.45, 2.75) is 20.4 Å². The van der Waals surface area contributed by atoms with E-state index in [9.17, 15) is 14.4 Å². The Balaban J connectivity index is 2.61.